The van der Waals surface area contributed by atoms with Gasteiger partial charge in [-0.3, -0.25) is 0 Å². The first-order valence-electron chi connectivity index (χ1n) is 7.66. The maximum Gasteiger partial charge on any atom is 0.417 e. The van der Waals surface area contributed by atoms with Crippen LogP contribution in [0.1, 0.15) is 27.9 Å². The van der Waals surface area contributed by atoms with Gasteiger partial charge in [0.15, 0.2) is 0 Å². The van der Waals surface area contributed by atoms with Gasteiger partial charge in [0.2, 0.25) is 5.88 Å². The highest BCUT2D eigenvalue weighted by Gasteiger charge is 2.31. The van der Waals surface area contributed by atoms with E-state index >= 15 is 0 Å². The summed E-state index contributed by atoms with van der Waals surface area (Å²) in [4.78, 5) is 14.3. The molecule has 5 nitrogen and oxygen atoms in total. The molecule has 0 radical (unpaired) electrons. The number of rotatable bonds is 8. The number of carbonyl (C=O) groups is 1. The number of carboxylic acids is 1. The molecule has 1 aromatic heterocycles. The van der Waals surface area contributed by atoms with Gasteiger partial charge in [0, 0.05) is 12.7 Å². The van der Waals surface area contributed by atoms with Gasteiger partial charge in [-0.05, 0) is 36.7 Å². The number of aromatic nitrogens is 1. The molecule has 0 aliphatic rings. The average molecular weight is 389 g/mol. The van der Waals surface area contributed by atoms with Crippen molar-refractivity contribution in [3.05, 3.63) is 58.2 Å². The van der Waals surface area contributed by atoms with Crippen LogP contribution in [0.5, 0.6) is 5.88 Å². The van der Waals surface area contributed by atoms with Crippen LogP contribution in [-0.4, -0.2) is 29.2 Å². The van der Waals surface area contributed by atoms with Gasteiger partial charge in [0.05, 0.1) is 17.7 Å². The Balaban J connectivity index is 1.70. The monoisotopic (exact) mass is 388 g/mol. The standard InChI is InChI=1S/C17H16ClF3N2O3/c18-14-8-13(17(19,20)21)10-23-15(14)26-7-1-6-22-9-11-2-4-12(5-3-11)16(24)25/h2-5,8,10,22H,1,6-7,9H2,(H,24,25). The van der Waals surface area contributed by atoms with Crippen LogP contribution >= 0.6 is 11.6 Å². The summed E-state index contributed by atoms with van der Waals surface area (Å²) in [6, 6.07) is 7.28. The second-order valence-electron chi connectivity index (χ2n) is 5.39. The Morgan fingerprint density at radius 1 is 1.27 bits per heavy atom. The quantitative estimate of drug-likeness (QED) is 0.668. The summed E-state index contributed by atoms with van der Waals surface area (Å²) in [6.45, 7) is 1.39. The maximum atomic E-state index is 12.5. The molecule has 0 aliphatic heterocycles. The second-order valence-corrected chi connectivity index (χ2v) is 5.80. The molecule has 1 aromatic carbocycles. The zero-order chi connectivity index (χ0) is 19.2. The lowest BCUT2D eigenvalue weighted by Gasteiger charge is -2.10. The minimum Gasteiger partial charge on any atom is -0.478 e. The average Bonchev–Trinajstić information content (AvgIpc) is 2.58. The third-order valence-electron chi connectivity index (χ3n) is 3.40. The Bertz CT molecular complexity index is 752. The van der Waals surface area contributed by atoms with Gasteiger partial charge in [-0.25, -0.2) is 9.78 Å². The molecule has 140 valence electrons. The Kier molecular flexibility index (Phi) is 6.82. The number of carboxylic acid groups (broad SMARTS) is 1. The lowest BCUT2D eigenvalue weighted by molar-refractivity contribution is -0.137. The number of benzene rings is 1. The molecule has 0 aliphatic carbocycles. The number of nitrogens with zero attached hydrogens (tertiary/aromatic N) is 1. The number of hydrogen-bond donors (Lipinski definition) is 2. The number of aromatic carboxylic acids is 1. The molecule has 0 unspecified atom stereocenters. The summed E-state index contributed by atoms with van der Waals surface area (Å²) in [5, 5.41) is 11.8. The van der Waals surface area contributed by atoms with Crippen molar-refractivity contribution >= 4 is 17.6 Å². The summed E-state index contributed by atoms with van der Waals surface area (Å²) in [6.07, 6.45) is -3.23. The first-order chi connectivity index (χ1) is 12.3. The number of nitrogens with one attached hydrogen (secondary N) is 1. The number of hydrogen-bond acceptors (Lipinski definition) is 4. The van der Waals surface area contributed by atoms with Gasteiger partial charge in [-0.1, -0.05) is 23.7 Å². The highest BCUT2D eigenvalue weighted by molar-refractivity contribution is 6.31. The van der Waals surface area contributed by atoms with Gasteiger partial charge in [0.25, 0.3) is 0 Å². The van der Waals surface area contributed by atoms with Crippen molar-refractivity contribution < 1.29 is 27.8 Å². The highest BCUT2D eigenvalue weighted by atomic mass is 35.5. The van der Waals surface area contributed by atoms with E-state index < -0.39 is 17.7 Å². The fourth-order valence-electron chi connectivity index (χ4n) is 2.05. The Labute approximate surface area is 152 Å². The van der Waals surface area contributed by atoms with Crippen molar-refractivity contribution in [3.63, 3.8) is 0 Å². The normalized spacial score (nSPS) is 11.4. The SMILES string of the molecule is O=C(O)c1ccc(CNCCCOc2ncc(C(F)(F)F)cc2Cl)cc1. The number of halogens is 4. The summed E-state index contributed by atoms with van der Waals surface area (Å²) in [5.74, 6) is -1.01. The van der Waals surface area contributed by atoms with E-state index in [1.54, 1.807) is 12.1 Å². The van der Waals surface area contributed by atoms with Crippen LogP contribution in [0.4, 0.5) is 13.2 Å². The van der Waals surface area contributed by atoms with E-state index in [9.17, 15) is 18.0 Å². The third-order valence-corrected chi connectivity index (χ3v) is 3.67. The second kappa shape index (κ2) is 8.86. The largest absolute Gasteiger partial charge is 0.478 e. The molecule has 0 fully saturated rings. The van der Waals surface area contributed by atoms with Crippen molar-refractivity contribution in [1.82, 2.24) is 10.3 Å². The molecule has 9 heteroatoms. The minimum atomic E-state index is -4.50. The van der Waals surface area contributed by atoms with Gasteiger partial charge in [-0.2, -0.15) is 13.2 Å². The van der Waals surface area contributed by atoms with E-state index in [1.807, 2.05) is 0 Å². The molecule has 26 heavy (non-hydrogen) atoms. The predicted molar refractivity (Wildman–Crippen MR) is 89.5 cm³/mol. The minimum absolute atomic E-state index is 0.0380. The van der Waals surface area contributed by atoms with Crippen LogP contribution in [0, 0.1) is 0 Å². The van der Waals surface area contributed by atoms with E-state index in [4.69, 9.17) is 21.4 Å². The first-order valence-corrected chi connectivity index (χ1v) is 8.03. The number of ether oxygens (including phenoxy) is 1. The molecule has 2 rings (SSSR count). The van der Waals surface area contributed by atoms with Crippen LogP contribution in [0.25, 0.3) is 0 Å². The Morgan fingerprint density at radius 2 is 1.96 bits per heavy atom. The van der Waals surface area contributed by atoms with Crippen LogP contribution in [-0.2, 0) is 12.7 Å². The predicted octanol–water partition coefficient (Wildman–Crippen LogP) is 4.01. The Hall–Kier alpha value is -2.32. The van der Waals surface area contributed by atoms with Crippen molar-refractivity contribution in [2.75, 3.05) is 13.2 Å². The topological polar surface area (TPSA) is 71.5 Å². The van der Waals surface area contributed by atoms with E-state index in [0.29, 0.717) is 25.7 Å². The molecule has 2 aromatic rings. The zero-order valence-corrected chi connectivity index (χ0v) is 14.3. The van der Waals surface area contributed by atoms with Crippen LogP contribution in [0.3, 0.4) is 0 Å². The van der Waals surface area contributed by atoms with Crippen LogP contribution in [0.2, 0.25) is 5.02 Å². The van der Waals surface area contributed by atoms with Crippen molar-refractivity contribution in [2.24, 2.45) is 0 Å². The molecule has 0 saturated heterocycles. The van der Waals surface area contributed by atoms with Crippen molar-refractivity contribution in [3.8, 4) is 5.88 Å². The number of alkyl halides is 3. The smallest absolute Gasteiger partial charge is 0.417 e. The van der Waals surface area contributed by atoms with Gasteiger partial charge >= 0.3 is 12.1 Å². The summed E-state index contributed by atoms with van der Waals surface area (Å²) in [7, 11) is 0. The third kappa shape index (κ3) is 5.89. The molecule has 0 amide bonds. The van der Waals surface area contributed by atoms with Gasteiger partial charge < -0.3 is 15.2 Å². The fraction of sp³-hybridized carbons (Fsp3) is 0.294. The summed E-state index contributed by atoms with van der Waals surface area (Å²) in [5.41, 5.74) is 0.233. The van der Waals surface area contributed by atoms with E-state index in [0.717, 1.165) is 11.6 Å². The van der Waals surface area contributed by atoms with E-state index in [-0.39, 0.29) is 23.1 Å². The lowest BCUT2D eigenvalue weighted by Crippen LogP contribution is -2.17. The zero-order valence-electron chi connectivity index (χ0n) is 13.5. The first kappa shape index (κ1) is 20.0. The molecule has 0 bridgehead atoms. The van der Waals surface area contributed by atoms with E-state index in [1.165, 1.54) is 12.1 Å². The van der Waals surface area contributed by atoms with Crippen LogP contribution in [0.15, 0.2) is 36.5 Å². The molecule has 2 N–H and O–H groups in total. The molecule has 0 atom stereocenters. The maximum absolute atomic E-state index is 12.5. The van der Waals surface area contributed by atoms with Crippen LogP contribution < -0.4 is 10.1 Å². The van der Waals surface area contributed by atoms with Crippen molar-refractivity contribution in [2.45, 2.75) is 19.1 Å². The van der Waals surface area contributed by atoms with Crippen molar-refractivity contribution in [1.29, 1.82) is 0 Å². The number of pyridine rings is 1. The highest BCUT2D eigenvalue weighted by Crippen LogP contribution is 2.33. The van der Waals surface area contributed by atoms with Gasteiger partial charge in [-0.15, -0.1) is 0 Å². The summed E-state index contributed by atoms with van der Waals surface area (Å²) < 4.78 is 42.8. The Morgan fingerprint density at radius 3 is 2.54 bits per heavy atom. The van der Waals surface area contributed by atoms with Gasteiger partial charge in [0.1, 0.15) is 5.02 Å². The van der Waals surface area contributed by atoms with E-state index in [2.05, 4.69) is 10.3 Å². The fourth-order valence-corrected chi connectivity index (χ4v) is 2.27. The lowest BCUT2D eigenvalue weighted by atomic mass is 10.1. The molecule has 0 spiro atoms. The molecule has 0 saturated carbocycles. The molecular formula is C17H16ClF3N2O3. The molecule has 1 heterocycles. The summed E-state index contributed by atoms with van der Waals surface area (Å²) >= 11 is 5.75. The molecular weight excluding hydrogens is 373 g/mol.